The Bertz CT molecular complexity index is 662. The number of halogens is 6. The Hall–Kier alpha value is -2.06. The second-order valence-electron chi connectivity index (χ2n) is 5.36. The first-order valence-corrected chi connectivity index (χ1v) is 7.16. The van der Waals surface area contributed by atoms with Crippen LogP contribution in [-0.4, -0.2) is 11.7 Å². The second kappa shape index (κ2) is 7.45. The smallest absolute Gasteiger partial charge is 0.386 e. The summed E-state index contributed by atoms with van der Waals surface area (Å²) in [6, 6.07) is 9.61. The molecule has 0 aliphatic rings. The molecule has 0 fully saturated rings. The van der Waals surface area contributed by atoms with Crippen LogP contribution < -0.4 is 0 Å². The van der Waals surface area contributed by atoms with Gasteiger partial charge in [-0.1, -0.05) is 30.3 Å². The molecule has 25 heavy (non-hydrogen) atoms. The van der Waals surface area contributed by atoms with Crippen molar-refractivity contribution in [2.75, 3.05) is 6.61 Å². The number of hydrogen-bond acceptors (Lipinski definition) is 2. The van der Waals surface area contributed by atoms with Gasteiger partial charge in [0.25, 0.3) is 0 Å². The van der Waals surface area contributed by atoms with E-state index in [-0.39, 0.29) is 18.2 Å². The lowest BCUT2D eigenvalue weighted by atomic mass is 10.1. The van der Waals surface area contributed by atoms with Crippen LogP contribution in [-0.2, 0) is 23.7 Å². The Kier molecular flexibility index (Phi) is 5.74. The molecular weight excluding hydrogens is 350 g/mol. The molecule has 0 saturated heterocycles. The van der Waals surface area contributed by atoms with Crippen molar-refractivity contribution in [2.24, 2.45) is 0 Å². The molecule has 1 atom stereocenters. The normalized spacial score (nSPS) is 13.7. The van der Waals surface area contributed by atoms with E-state index in [1.165, 1.54) is 0 Å². The summed E-state index contributed by atoms with van der Waals surface area (Å²) >= 11 is 0. The third kappa shape index (κ3) is 5.47. The standard InChI is InChI=1S/C17H14F6O2/c18-16(19,20)13-6-11(7-14(8-13)17(21,22)23)9-25-10-15(24)12-4-2-1-3-5-12/h1-8,15,24H,9-10H2. The highest BCUT2D eigenvalue weighted by atomic mass is 19.4. The van der Waals surface area contributed by atoms with Crippen LogP contribution in [0.2, 0.25) is 0 Å². The van der Waals surface area contributed by atoms with Crippen LogP contribution in [0, 0.1) is 0 Å². The zero-order valence-corrected chi connectivity index (χ0v) is 12.7. The highest BCUT2D eigenvalue weighted by Crippen LogP contribution is 2.36. The van der Waals surface area contributed by atoms with E-state index in [0.717, 1.165) is 0 Å². The minimum Gasteiger partial charge on any atom is -0.386 e. The molecule has 0 heterocycles. The molecular formula is C17H14F6O2. The summed E-state index contributed by atoms with van der Waals surface area (Å²) in [5, 5.41) is 9.88. The lowest BCUT2D eigenvalue weighted by molar-refractivity contribution is -0.143. The summed E-state index contributed by atoms with van der Waals surface area (Å²) in [5.74, 6) is 0. The second-order valence-corrected chi connectivity index (χ2v) is 5.36. The molecule has 0 saturated carbocycles. The fourth-order valence-electron chi connectivity index (χ4n) is 2.16. The van der Waals surface area contributed by atoms with Gasteiger partial charge in [-0.3, -0.25) is 0 Å². The minimum atomic E-state index is -4.90. The molecule has 0 aliphatic heterocycles. The molecule has 2 aromatic rings. The van der Waals surface area contributed by atoms with E-state index in [9.17, 15) is 31.4 Å². The molecule has 1 N–H and O–H groups in total. The highest BCUT2D eigenvalue weighted by Gasteiger charge is 2.36. The molecule has 0 bridgehead atoms. The van der Waals surface area contributed by atoms with E-state index in [0.29, 0.717) is 17.7 Å². The Morgan fingerprint density at radius 2 is 1.36 bits per heavy atom. The topological polar surface area (TPSA) is 29.5 Å². The van der Waals surface area contributed by atoms with Crippen molar-refractivity contribution in [1.29, 1.82) is 0 Å². The quantitative estimate of drug-likeness (QED) is 0.759. The van der Waals surface area contributed by atoms with Gasteiger partial charge in [-0.05, 0) is 29.3 Å². The van der Waals surface area contributed by atoms with Gasteiger partial charge in [-0.15, -0.1) is 0 Å². The molecule has 0 spiro atoms. The zero-order valence-electron chi connectivity index (χ0n) is 12.7. The van der Waals surface area contributed by atoms with Crippen molar-refractivity contribution < 1.29 is 36.2 Å². The molecule has 8 heteroatoms. The number of aliphatic hydroxyl groups excluding tert-OH is 1. The molecule has 2 rings (SSSR count). The average molecular weight is 364 g/mol. The van der Waals surface area contributed by atoms with E-state index in [1.807, 2.05) is 0 Å². The average Bonchev–Trinajstić information content (AvgIpc) is 2.53. The largest absolute Gasteiger partial charge is 0.416 e. The van der Waals surface area contributed by atoms with Crippen LogP contribution >= 0.6 is 0 Å². The molecule has 136 valence electrons. The summed E-state index contributed by atoms with van der Waals surface area (Å²) in [7, 11) is 0. The number of ether oxygens (including phenoxy) is 1. The zero-order chi connectivity index (χ0) is 18.7. The van der Waals surface area contributed by atoms with Gasteiger partial charge < -0.3 is 9.84 Å². The van der Waals surface area contributed by atoms with E-state index >= 15 is 0 Å². The summed E-state index contributed by atoms with van der Waals surface area (Å²) in [5.41, 5.74) is -2.54. The van der Waals surface area contributed by atoms with Gasteiger partial charge in [-0.25, -0.2) is 0 Å². The number of hydrogen-bond donors (Lipinski definition) is 1. The maximum absolute atomic E-state index is 12.8. The van der Waals surface area contributed by atoms with Crippen LogP contribution in [0.1, 0.15) is 28.4 Å². The molecule has 0 amide bonds. The maximum atomic E-state index is 12.8. The SMILES string of the molecule is OC(COCc1cc(C(F)(F)F)cc(C(F)(F)F)c1)c1ccccc1. The van der Waals surface area contributed by atoms with Crippen molar-refractivity contribution in [3.63, 3.8) is 0 Å². The Labute approximate surface area is 139 Å². The van der Waals surface area contributed by atoms with E-state index in [2.05, 4.69) is 0 Å². The van der Waals surface area contributed by atoms with Gasteiger partial charge >= 0.3 is 12.4 Å². The van der Waals surface area contributed by atoms with Crippen molar-refractivity contribution >= 4 is 0 Å². The van der Waals surface area contributed by atoms with Crippen LogP contribution in [0.5, 0.6) is 0 Å². The molecule has 2 nitrogen and oxygen atoms in total. The van der Waals surface area contributed by atoms with Gasteiger partial charge in [0.1, 0.15) is 6.10 Å². The molecule has 0 radical (unpaired) electrons. The highest BCUT2D eigenvalue weighted by molar-refractivity contribution is 5.33. The molecule has 0 aromatic heterocycles. The van der Waals surface area contributed by atoms with Crippen molar-refractivity contribution in [2.45, 2.75) is 25.1 Å². The van der Waals surface area contributed by atoms with Crippen LogP contribution in [0.25, 0.3) is 0 Å². The van der Waals surface area contributed by atoms with Gasteiger partial charge in [0.2, 0.25) is 0 Å². The van der Waals surface area contributed by atoms with Gasteiger partial charge in [-0.2, -0.15) is 26.3 Å². The summed E-state index contributed by atoms with van der Waals surface area (Å²) in [6.45, 7) is -0.751. The Morgan fingerprint density at radius 3 is 1.84 bits per heavy atom. The predicted octanol–water partition coefficient (Wildman–Crippen LogP) is 4.97. The van der Waals surface area contributed by atoms with Crippen molar-refractivity contribution in [1.82, 2.24) is 0 Å². The Balaban J connectivity index is 2.11. The molecule has 1 unspecified atom stereocenters. The maximum Gasteiger partial charge on any atom is 0.416 e. The van der Waals surface area contributed by atoms with Crippen LogP contribution in [0.3, 0.4) is 0 Å². The van der Waals surface area contributed by atoms with E-state index in [1.54, 1.807) is 30.3 Å². The third-order valence-corrected chi connectivity index (χ3v) is 3.38. The van der Waals surface area contributed by atoms with Crippen molar-refractivity contribution in [3.8, 4) is 0 Å². The Morgan fingerprint density at radius 1 is 0.840 bits per heavy atom. The monoisotopic (exact) mass is 364 g/mol. The number of aliphatic hydroxyl groups is 1. The van der Waals surface area contributed by atoms with E-state index in [4.69, 9.17) is 4.74 Å². The van der Waals surface area contributed by atoms with Gasteiger partial charge in [0, 0.05) is 0 Å². The van der Waals surface area contributed by atoms with Gasteiger partial charge in [0.15, 0.2) is 0 Å². The third-order valence-electron chi connectivity index (χ3n) is 3.38. The lowest BCUT2D eigenvalue weighted by Gasteiger charge is -2.15. The van der Waals surface area contributed by atoms with E-state index < -0.39 is 36.2 Å². The number of rotatable bonds is 5. The number of alkyl halides is 6. The molecule has 2 aromatic carbocycles. The van der Waals surface area contributed by atoms with Crippen LogP contribution in [0.4, 0.5) is 26.3 Å². The minimum absolute atomic E-state index is 0.0579. The molecule has 0 aliphatic carbocycles. The first-order valence-electron chi connectivity index (χ1n) is 7.16. The van der Waals surface area contributed by atoms with Crippen molar-refractivity contribution in [3.05, 3.63) is 70.8 Å². The fourth-order valence-corrected chi connectivity index (χ4v) is 2.16. The predicted molar refractivity (Wildman–Crippen MR) is 77.5 cm³/mol. The first-order chi connectivity index (χ1) is 11.6. The summed E-state index contributed by atoms with van der Waals surface area (Å²) in [6.07, 6.45) is -10.8. The van der Waals surface area contributed by atoms with Gasteiger partial charge in [0.05, 0.1) is 24.3 Å². The first kappa shape index (κ1) is 19.3. The summed E-state index contributed by atoms with van der Waals surface area (Å²) < 4.78 is 81.6. The number of benzene rings is 2. The van der Waals surface area contributed by atoms with Crippen LogP contribution in [0.15, 0.2) is 48.5 Å². The summed E-state index contributed by atoms with van der Waals surface area (Å²) in [4.78, 5) is 0. The fraction of sp³-hybridized carbons (Fsp3) is 0.294. The lowest BCUT2D eigenvalue weighted by Crippen LogP contribution is -2.13.